The lowest BCUT2D eigenvalue weighted by atomic mass is 9.81. The third-order valence-electron chi connectivity index (χ3n) is 6.45. The van der Waals surface area contributed by atoms with Gasteiger partial charge in [0.1, 0.15) is 11.4 Å². The second kappa shape index (κ2) is 7.89. The summed E-state index contributed by atoms with van der Waals surface area (Å²) in [5.41, 5.74) is 3.40. The Hall–Kier alpha value is -3.48. The molecule has 166 valence electrons. The van der Waals surface area contributed by atoms with Crippen LogP contribution in [0.25, 0.3) is 11.3 Å². The van der Waals surface area contributed by atoms with Crippen LogP contribution < -0.4 is 14.2 Å². The second-order valence-electron chi connectivity index (χ2n) is 8.21. The zero-order chi connectivity index (χ0) is 22.3. The summed E-state index contributed by atoms with van der Waals surface area (Å²) in [5, 5.41) is 4.52. The van der Waals surface area contributed by atoms with Crippen molar-refractivity contribution in [2.24, 2.45) is 7.05 Å². The van der Waals surface area contributed by atoms with E-state index in [0.29, 0.717) is 49.6 Å². The molecule has 1 aromatic heterocycles. The minimum Gasteiger partial charge on any atom is -0.493 e. The van der Waals surface area contributed by atoms with Gasteiger partial charge in [-0.2, -0.15) is 5.10 Å². The third kappa shape index (κ3) is 3.20. The predicted octanol–water partition coefficient (Wildman–Crippen LogP) is 4.02. The van der Waals surface area contributed by atoms with Crippen molar-refractivity contribution < 1.29 is 19.0 Å². The number of amides is 1. The lowest BCUT2D eigenvalue weighted by molar-refractivity contribution is -0.00173. The largest absolute Gasteiger partial charge is 0.493 e. The van der Waals surface area contributed by atoms with Gasteiger partial charge in [0.25, 0.3) is 5.91 Å². The van der Waals surface area contributed by atoms with Crippen molar-refractivity contribution in [1.82, 2.24) is 14.7 Å². The lowest BCUT2D eigenvalue weighted by Crippen LogP contribution is -2.49. The molecule has 1 saturated heterocycles. The Balaban J connectivity index is 1.39. The second-order valence-corrected chi connectivity index (χ2v) is 8.21. The van der Waals surface area contributed by atoms with Gasteiger partial charge in [0.05, 0.1) is 25.6 Å². The Morgan fingerprint density at radius 1 is 1.16 bits per heavy atom. The molecule has 0 radical (unpaired) electrons. The molecule has 1 spiro atoms. The van der Waals surface area contributed by atoms with E-state index in [1.807, 2.05) is 47.9 Å². The molecule has 0 bridgehead atoms. The van der Waals surface area contributed by atoms with Gasteiger partial charge in [-0.25, -0.2) is 0 Å². The molecule has 0 aliphatic carbocycles. The highest BCUT2D eigenvalue weighted by Crippen LogP contribution is 2.49. The van der Waals surface area contributed by atoms with E-state index in [9.17, 15) is 4.79 Å². The fraction of sp³-hybridized carbons (Fsp3) is 0.360. The molecule has 2 aliphatic heterocycles. The number of carbonyl (C=O) groups is 1. The van der Waals surface area contributed by atoms with E-state index in [2.05, 4.69) is 11.2 Å². The number of fused-ring (bicyclic) bond motifs is 4. The van der Waals surface area contributed by atoms with Crippen LogP contribution in [0.2, 0.25) is 0 Å². The van der Waals surface area contributed by atoms with E-state index in [1.165, 1.54) is 0 Å². The zero-order valence-electron chi connectivity index (χ0n) is 18.6. The Kier molecular flexibility index (Phi) is 5.04. The van der Waals surface area contributed by atoms with Crippen molar-refractivity contribution in [3.8, 4) is 28.5 Å². The molecule has 7 nitrogen and oxygen atoms in total. The van der Waals surface area contributed by atoms with Crippen molar-refractivity contribution in [1.29, 1.82) is 0 Å². The monoisotopic (exact) mass is 433 g/mol. The SMILES string of the molecule is CCOc1cc(C(=O)N2CCC3(CC2)Oc2ccccc2-c2c3cnn2C)ccc1OC. The molecule has 3 heterocycles. The number of piperidine rings is 1. The van der Waals surface area contributed by atoms with Crippen LogP contribution in [-0.4, -0.2) is 47.4 Å². The zero-order valence-corrected chi connectivity index (χ0v) is 18.6. The molecule has 0 unspecified atom stereocenters. The van der Waals surface area contributed by atoms with Crippen LogP contribution in [0.3, 0.4) is 0 Å². The third-order valence-corrected chi connectivity index (χ3v) is 6.45. The van der Waals surface area contributed by atoms with Gasteiger partial charge in [0.15, 0.2) is 11.5 Å². The smallest absolute Gasteiger partial charge is 0.253 e. The maximum absolute atomic E-state index is 13.2. The normalized spacial score (nSPS) is 16.2. The van der Waals surface area contributed by atoms with Crippen LogP contribution in [0.1, 0.15) is 35.7 Å². The van der Waals surface area contributed by atoms with Gasteiger partial charge in [0.2, 0.25) is 0 Å². The highest BCUT2D eigenvalue weighted by molar-refractivity contribution is 5.95. The molecular weight excluding hydrogens is 406 g/mol. The topological polar surface area (TPSA) is 65.8 Å². The number of carbonyl (C=O) groups excluding carboxylic acids is 1. The summed E-state index contributed by atoms with van der Waals surface area (Å²) in [4.78, 5) is 15.1. The summed E-state index contributed by atoms with van der Waals surface area (Å²) in [6, 6.07) is 13.4. The van der Waals surface area contributed by atoms with Gasteiger partial charge in [-0.15, -0.1) is 0 Å². The van der Waals surface area contributed by atoms with Crippen LogP contribution in [-0.2, 0) is 12.6 Å². The van der Waals surface area contributed by atoms with E-state index in [4.69, 9.17) is 14.2 Å². The van der Waals surface area contributed by atoms with Crippen molar-refractivity contribution >= 4 is 5.91 Å². The number of rotatable bonds is 4. The number of methoxy groups -OCH3 is 1. The van der Waals surface area contributed by atoms with Crippen LogP contribution in [0.15, 0.2) is 48.7 Å². The number of hydrogen-bond acceptors (Lipinski definition) is 5. The highest BCUT2D eigenvalue weighted by atomic mass is 16.5. The molecule has 5 rings (SSSR count). The van der Waals surface area contributed by atoms with Crippen molar-refractivity contribution in [3.05, 3.63) is 59.8 Å². The number of hydrogen-bond donors (Lipinski definition) is 0. The predicted molar refractivity (Wildman–Crippen MR) is 120 cm³/mol. The molecule has 0 N–H and O–H groups in total. The Morgan fingerprint density at radius 3 is 2.69 bits per heavy atom. The average molecular weight is 434 g/mol. The van der Waals surface area contributed by atoms with E-state index in [-0.39, 0.29) is 5.91 Å². The molecule has 0 saturated carbocycles. The highest BCUT2D eigenvalue weighted by Gasteiger charge is 2.45. The van der Waals surface area contributed by atoms with Crippen LogP contribution in [0.5, 0.6) is 17.2 Å². The number of aryl methyl sites for hydroxylation is 1. The van der Waals surface area contributed by atoms with E-state index >= 15 is 0 Å². The number of likely N-dealkylation sites (tertiary alicyclic amines) is 1. The van der Waals surface area contributed by atoms with Gasteiger partial charge in [0, 0.05) is 49.7 Å². The summed E-state index contributed by atoms with van der Waals surface area (Å²) >= 11 is 0. The van der Waals surface area contributed by atoms with E-state index in [1.54, 1.807) is 25.3 Å². The number of aromatic nitrogens is 2. The van der Waals surface area contributed by atoms with Gasteiger partial charge in [-0.3, -0.25) is 9.48 Å². The number of nitrogens with zero attached hydrogens (tertiary/aromatic N) is 3. The molecule has 2 aliphatic rings. The maximum Gasteiger partial charge on any atom is 0.253 e. The number of para-hydroxylation sites is 1. The molecule has 32 heavy (non-hydrogen) atoms. The van der Waals surface area contributed by atoms with Crippen molar-refractivity contribution in [2.75, 3.05) is 26.8 Å². The van der Waals surface area contributed by atoms with Gasteiger partial charge in [-0.1, -0.05) is 12.1 Å². The minimum absolute atomic E-state index is 0.00826. The number of benzene rings is 2. The summed E-state index contributed by atoms with van der Waals surface area (Å²) in [7, 11) is 3.56. The molecule has 0 atom stereocenters. The maximum atomic E-state index is 13.2. The first-order chi connectivity index (χ1) is 15.6. The fourth-order valence-electron chi connectivity index (χ4n) is 4.81. The molecular formula is C25H27N3O4. The Morgan fingerprint density at radius 2 is 1.94 bits per heavy atom. The van der Waals surface area contributed by atoms with Crippen molar-refractivity contribution in [3.63, 3.8) is 0 Å². The Labute approximate surface area is 187 Å². The number of ether oxygens (including phenoxy) is 3. The minimum atomic E-state index is -0.467. The quantitative estimate of drug-likeness (QED) is 0.622. The van der Waals surface area contributed by atoms with Gasteiger partial charge in [-0.05, 0) is 37.3 Å². The van der Waals surface area contributed by atoms with Gasteiger partial charge < -0.3 is 19.1 Å². The lowest BCUT2D eigenvalue weighted by Gasteiger charge is -2.44. The summed E-state index contributed by atoms with van der Waals surface area (Å²) in [5.74, 6) is 2.08. The Bertz CT molecular complexity index is 1160. The molecule has 2 aromatic carbocycles. The first kappa shape index (κ1) is 20.4. The molecule has 3 aromatic rings. The van der Waals surface area contributed by atoms with Crippen LogP contribution >= 0.6 is 0 Å². The fourth-order valence-corrected chi connectivity index (χ4v) is 4.81. The summed E-state index contributed by atoms with van der Waals surface area (Å²) in [6.45, 7) is 3.62. The average Bonchev–Trinajstić information content (AvgIpc) is 3.22. The van der Waals surface area contributed by atoms with Gasteiger partial charge >= 0.3 is 0 Å². The van der Waals surface area contributed by atoms with Crippen molar-refractivity contribution in [2.45, 2.75) is 25.4 Å². The van der Waals surface area contributed by atoms with Crippen LogP contribution in [0, 0.1) is 0 Å². The molecule has 1 fully saturated rings. The molecule has 7 heteroatoms. The van der Waals surface area contributed by atoms with Crippen LogP contribution in [0.4, 0.5) is 0 Å². The summed E-state index contributed by atoms with van der Waals surface area (Å²) in [6.07, 6.45) is 3.33. The molecule has 1 amide bonds. The van der Waals surface area contributed by atoms with E-state index < -0.39 is 5.60 Å². The van der Waals surface area contributed by atoms with E-state index in [0.717, 1.165) is 22.6 Å². The first-order valence-corrected chi connectivity index (χ1v) is 11.0. The standard InChI is InChI=1S/C25H27N3O4/c1-4-31-22-15-17(9-10-21(22)30-3)24(29)28-13-11-25(12-14-28)19-16-26-27(2)23(19)18-7-5-6-8-20(18)32-25/h5-10,15-16H,4,11-14H2,1-3H3. The first-order valence-electron chi connectivity index (χ1n) is 11.0. The summed E-state index contributed by atoms with van der Waals surface area (Å²) < 4.78 is 19.5.